The smallest absolute Gasteiger partial charge is 0.164 e. The number of epoxide rings is 1. The Morgan fingerprint density at radius 1 is 0.647 bits per heavy atom. The molecule has 0 aromatic rings. The number of carbonyl (C=O) groups is 4. The van der Waals surface area contributed by atoms with Gasteiger partial charge in [0.15, 0.2) is 23.1 Å². The lowest BCUT2D eigenvalue weighted by Gasteiger charge is -2.04. The van der Waals surface area contributed by atoms with E-state index in [0.29, 0.717) is 0 Å². The molecule has 0 aromatic carbocycles. The van der Waals surface area contributed by atoms with Gasteiger partial charge in [-0.2, -0.15) is 0 Å². The first-order valence-corrected chi connectivity index (χ1v) is 5.14. The van der Waals surface area contributed by atoms with Gasteiger partial charge in [0.2, 0.25) is 0 Å². The third-order valence-corrected chi connectivity index (χ3v) is 1.86. The van der Waals surface area contributed by atoms with Gasteiger partial charge in [0.25, 0.3) is 0 Å². The van der Waals surface area contributed by atoms with Crippen LogP contribution in [0.1, 0.15) is 27.7 Å². The van der Waals surface area contributed by atoms with Crippen molar-refractivity contribution < 1.29 is 23.9 Å². The third-order valence-electron chi connectivity index (χ3n) is 1.86. The van der Waals surface area contributed by atoms with Crippen molar-refractivity contribution >= 4 is 23.1 Å². The van der Waals surface area contributed by atoms with Crippen LogP contribution in [0.25, 0.3) is 0 Å². The van der Waals surface area contributed by atoms with E-state index in [1.807, 2.05) is 0 Å². The van der Waals surface area contributed by atoms with Gasteiger partial charge in [0, 0.05) is 0 Å². The first-order valence-electron chi connectivity index (χ1n) is 5.14. The molecule has 1 rings (SSSR count). The second kappa shape index (κ2) is 6.85. The summed E-state index contributed by atoms with van der Waals surface area (Å²) in [6.07, 6.45) is 0. The monoisotopic (exact) mass is 240 g/mol. The van der Waals surface area contributed by atoms with Crippen LogP contribution in [0.3, 0.4) is 0 Å². The molecule has 0 bridgehead atoms. The predicted molar refractivity (Wildman–Crippen MR) is 60.6 cm³/mol. The molecule has 1 aliphatic heterocycles. The number of hydrogen-bond donors (Lipinski definition) is 0. The topological polar surface area (TPSA) is 80.8 Å². The molecule has 0 unspecified atom stereocenters. The summed E-state index contributed by atoms with van der Waals surface area (Å²) in [6, 6.07) is 0. The summed E-state index contributed by atoms with van der Waals surface area (Å²) in [7, 11) is 0. The van der Waals surface area contributed by atoms with Crippen molar-refractivity contribution in [2.24, 2.45) is 0 Å². The second-order valence-electron chi connectivity index (χ2n) is 3.59. The first-order chi connectivity index (χ1) is 7.79. The Morgan fingerprint density at radius 3 is 0.882 bits per heavy atom. The normalized spacial score (nSPS) is 11.8. The molecule has 0 aromatic heterocycles. The van der Waals surface area contributed by atoms with Gasteiger partial charge >= 0.3 is 0 Å². The van der Waals surface area contributed by atoms with Crippen LogP contribution in [-0.2, 0) is 23.9 Å². The van der Waals surface area contributed by atoms with Gasteiger partial charge in [-0.1, -0.05) is 0 Å². The van der Waals surface area contributed by atoms with Crippen LogP contribution < -0.4 is 0 Å². The van der Waals surface area contributed by atoms with E-state index in [-0.39, 0.29) is 11.1 Å². The van der Waals surface area contributed by atoms with E-state index in [4.69, 9.17) is 0 Å². The molecule has 94 valence electrons. The van der Waals surface area contributed by atoms with Gasteiger partial charge in [-0.05, 0) is 27.7 Å². The van der Waals surface area contributed by atoms with Crippen molar-refractivity contribution in [1.82, 2.24) is 0 Å². The van der Waals surface area contributed by atoms with Crippen LogP contribution in [0.15, 0.2) is 11.1 Å². The highest BCUT2D eigenvalue weighted by molar-refractivity contribution is 6.31. The lowest BCUT2D eigenvalue weighted by molar-refractivity contribution is -0.124. The summed E-state index contributed by atoms with van der Waals surface area (Å²) in [4.78, 5) is 44.2. The summed E-state index contributed by atoms with van der Waals surface area (Å²) >= 11 is 0. The Balaban J connectivity index is 0.000000728. The number of allylic oxidation sites excluding steroid dienone is 2. The molecule has 5 nitrogen and oxygen atoms in total. The number of Topliss-reactive ketones (excluding diaryl/α,β-unsaturated/α-hetero) is 4. The van der Waals surface area contributed by atoms with Crippen LogP contribution in [0.2, 0.25) is 0 Å². The predicted octanol–water partition coefficient (Wildman–Crippen LogP) is 0.656. The van der Waals surface area contributed by atoms with E-state index in [9.17, 15) is 19.2 Å². The Kier molecular flexibility index (Phi) is 6.20. The summed E-state index contributed by atoms with van der Waals surface area (Å²) in [6.45, 7) is 6.62. The van der Waals surface area contributed by atoms with Crippen molar-refractivity contribution in [2.45, 2.75) is 27.7 Å². The van der Waals surface area contributed by atoms with Gasteiger partial charge in [-0.25, -0.2) is 0 Å². The van der Waals surface area contributed by atoms with E-state index < -0.39 is 23.1 Å². The van der Waals surface area contributed by atoms with E-state index >= 15 is 0 Å². The highest BCUT2D eigenvalue weighted by atomic mass is 16.6. The number of rotatable bonds is 4. The van der Waals surface area contributed by atoms with Crippen LogP contribution in [0.4, 0.5) is 0 Å². The molecule has 0 atom stereocenters. The minimum atomic E-state index is -0.557. The minimum Gasteiger partial charge on any atom is -0.377 e. The molecule has 1 saturated heterocycles. The largest absolute Gasteiger partial charge is 0.377 e. The van der Waals surface area contributed by atoms with E-state index in [1.165, 1.54) is 0 Å². The Hall–Kier alpha value is -1.62. The molecule has 1 heterocycles. The number of carbonyl (C=O) groups excluding carboxylic acids is 4. The molecule has 5 heteroatoms. The molecule has 0 spiro atoms. The van der Waals surface area contributed by atoms with Gasteiger partial charge in [-0.15, -0.1) is 0 Å². The quantitative estimate of drug-likeness (QED) is 0.312. The standard InChI is InChI=1S/C10H12O4.C2H4O/c1-5(11)9(6(2)12)10(7(3)13)8(4)14;1-2-3-1/h1-4H3;1-2H2. The zero-order chi connectivity index (χ0) is 13.6. The fourth-order valence-corrected chi connectivity index (χ4v) is 1.20. The number of ketones is 4. The highest BCUT2D eigenvalue weighted by Crippen LogP contribution is 2.10. The van der Waals surface area contributed by atoms with Gasteiger partial charge in [-0.3, -0.25) is 19.2 Å². The van der Waals surface area contributed by atoms with Crippen molar-refractivity contribution in [3.63, 3.8) is 0 Å². The molecular formula is C12H16O5. The van der Waals surface area contributed by atoms with Gasteiger partial charge in [0.1, 0.15) is 0 Å². The van der Waals surface area contributed by atoms with Crippen molar-refractivity contribution in [3.05, 3.63) is 11.1 Å². The third kappa shape index (κ3) is 5.87. The SMILES string of the molecule is C1CO1.CC(=O)C(C(C)=O)=C(C(C)=O)C(C)=O. The lowest BCUT2D eigenvalue weighted by atomic mass is 9.96. The Labute approximate surface area is 99.8 Å². The van der Waals surface area contributed by atoms with Crippen molar-refractivity contribution in [1.29, 1.82) is 0 Å². The average Bonchev–Trinajstić information content (AvgIpc) is 2.97. The maximum atomic E-state index is 11.1. The molecular weight excluding hydrogens is 224 g/mol. The number of hydrogen-bond acceptors (Lipinski definition) is 5. The maximum Gasteiger partial charge on any atom is 0.164 e. The molecule has 0 amide bonds. The molecule has 1 fully saturated rings. The summed E-state index contributed by atoms with van der Waals surface area (Å²) in [5.41, 5.74) is -0.602. The molecule has 0 radical (unpaired) electrons. The van der Waals surface area contributed by atoms with E-state index in [1.54, 1.807) is 0 Å². The van der Waals surface area contributed by atoms with Crippen LogP contribution in [0, 0.1) is 0 Å². The van der Waals surface area contributed by atoms with Crippen molar-refractivity contribution in [3.8, 4) is 0 Å². The second-order valence-corrected chi connectivity index (χ2v) is 3.59. The molecule has 0 aliphatic carbocycles. The van der Waals surface area contributed by atoms with Crippen LogP contribution >= 0.6 is 0 Å². The highest BCUT2D eigenvalue weighted by Gasteiger charge is 2.22. The molecule has 17 heavy (non-hydrogen) atoms. The zero-order valence-electron chi connectivity index (χ0n) is 10.5. The molecule has 1 aliphatic rings. The summed E-state index contributed by atoms with van der Waals surface area (Å²) in [5.74, 6) is -2.23. The van der Waals surface area contributed by atoms with Gasteiger partial charge < -0.3 is 4.74 Å². The van der Waals surface area contributed by atoms with E-state index in [0.717, 1.165) is 40.9 Å². The Morgan fingerprint density at radius 2 is 0.824 bits per heavy atom. The van der Waals surface area contributed by atoms with E-state index in [2.05, 4.69) is 4.74 Å². The average molecular weight is 240 g/mol. The first kappa shape index (κ1) is 15.4. The Bertz CT molecular complexity index is 319. The fourth-order valence-electron chi connectivity index (χ4n) is 1.20. The van der Waals surface area contributed by atoms with Crippen LogP contribution in [0.5, 0.6) is 0 Å². The van der Waals surface area contributed by atoms with Gasteiger partial charge in [0.05, 0.1) is 24.4 Å². The number of ether oxygens (including phenoxy) is 1. The zero-order valence-corrected chi connectivity index (χ0v) is 10.5. The van der Waals surface area contributed by atoms with Crippen LogP contribution in [-0.4, -0.2) is 36.3 Å². The molecule has 0 N–H and O–H groups in total. The fraction of sp³-hybridized carbons (Fsp3) is 0.500. The molecule has 0 saturated carbocycles. The summed E-state index contributed by atoms with van der Waals surface area (Å²) in [5, 5.41) is 0. The van der Waals surface area contributed by atoms with Crippen molar-refractivity contribution in [2.75, 3.05) is 13.2 Å². The summed E-state index contributed by atoms with van der Waals surface area (Å²) < 4.78 is 4.50. The lowest BCUT2D eigenvalue weighted by Crippen LogP contribution is -2.18. The minimum absolute atomic E-state index is 0.301. The maximum absolute atomic E-state index is 11.1.